The van der Waals surface area contributed by atoms with Crippen molar-refractivity contribution in [1.82, 2.24) is 0 Å². The molecular formula is C54H82O25S. The summed E-state index contributed by atoms with van der Waals surface area (Å²) in [6.45, 7) is 13.5. The zero-order valence-corrected chi connectivity index (χ0v) is 47.4. The van der Waals surface area contributed by atoms with Crippen LogP contribution in [-0.2, 0) is 76.3 Å². The molecular weight excluding hydrogens is 1080 g/mol. The summed E-state index contributed by atoms with van der Waals surface area (Å²) < 4.78 is 103. The third-order valence-electron chi connectivity index (χ3n) is 19.4. The SMILES string of the molecule is COC1C(O)C(CO)OC(OC2C(O)COC(OC3COC(OC4C(OC5CCC6(C)C7CCC89C(=O)OC(C)(C=CC=C(C)C)C8C(OC(C)=O)CC9(C)C7=CCC6C5(C)C)OCC(OS(=O)(=O)O)C4O)C(O)C3O)C2O)C1O. The number of ether oxygens (including phenoxy) is 11. The first-order chi connectivity index (χ1) is 37.5. The number of carbonyl (C=O) groups is 2. The highest BCUT2D eigenvalue weighted by Gasteiger charge is 2.79. The molecule has 9 N–H and O–H groups in total. The highest BCUT2D eigenvalue weighted by atomic mass is 32.3. The van der Waals surface area contributed by atoms with Crippen molar-refractivity contribution in [3.8, 4) is 0 Å². The average Bonchev–Trinajstić information content (AvgIpc) is 2.32. The maximum absolute atomic E-state index is 14.6. The summed E-state index contributed by atoms with van der Waals surface area (Å²) in [6.07, 6.45) is -17.4. The van der Waals surface area contributed by atoms with E-state index < -0.39 is 187 Å². The van der Waals surface area contributed by atoms with Crippen LogP contribution in [0.4, 0.5) is 0 Å². The molecule has 5 aliphatic heterocycles. The van der Waals surface area contributed by atoms with E-state index in [4.69, 9.17) is 56.3 Å². The van der Waals surface area contributed by atoms with Crippen LogP contribution in [0.5, 0.6) is 0 Å². The Labute approximate surface area is 465 Å². The number of aliphatic hydroxyl groups is 8. The number of methoxy groups -OCH3 is 1. The van der Waals surface area contributed by atoms with Crippen molar-refractivity contribution >= 4 is 22.3 Å². The molecule has 0 aromatic rings. The van der Waals surface area contributed by atoms with Gasteiger partial charge < -0.3 is 93.0 Å². The molecule has 0 radical (unpaired) electrons. The number of hydrogen-bond acceptors (Lipinski definition) is 24. The largest absolute Gasteiger partial charge is 0.462 e. The van der Waals surface area contributed by atoms with Crippen molar-refractivity contribution < 1.29 is 120 Å². The zero-order chi connectivity index (χ0) is 58.4. The third-order valence-corrected chi connectivity index (χ3v) is 19.9. The first-order valence-electron chi connectivity index (χ1n) is 27.6. The van der Waals surface area contributed by atoms with Gasteiger partial charge in [0.25, 0.3) is 0 Å². The Hall–Kier alpha value is -2.65. The van der Waals surface area contributed by atoms with E-state index >= 15 is 0 Å². The van der Waals surface area contributed by atoms with Gasteiger partial charge in [-0.1, -0.05) is 57.1 Å². The molecule has 4 aliphatic carbocycles. The summed E-state index contributed by atoms with van der Waals surface area (Å²) in [5.74, 6) is -1.14. The molecule has 0 amide bonds. The molecule has 0 bridgehead atoms. The van der Waals surface area contributed by atoms with E-state index in [1.807, 2.05) is 39.0 Å². The predicted octanol–water partition coefficient (Wildman–Crippen LogP) is 0.00740. The summed E-state index contributed by atoms with van der Waals surface area (Å²) in [5.41, 5.74) is -1.40. The molecule has 26 atom stereocenters. The van der Waals surface area contributed by atoms with Crippen LogP contribution in [0.1, 0.15) is 93.9 Å². The Morgan fingerprint density at radius 3 is 2.06 bits per heavy atom. The predicted molar refractivity (Wildman–Crippen MR) is 271 cm³/mol. The van der Waals surface area contributed by atoms with E-state index in [2.05, 4.69) is 33.8 Å². The summed E-state index contributed by atoms with van der Waals surface area (Å²) in [4.78, 5) is 27.3. The first kappa shape index (κ1) is 61.9. The van der Waals surface area contributed by atoms with E-state index in [0.29, 0.717) is 38.5 Å². The fourth-order valence-corrected chi connectivity index (χ4v) is 16.1. The highest BCUT2D eigenvalue weighted by molar-refractivity contribution is 7.80. The fourth-order valence-electron chi connectivity index (χ4n) is 15.6. The Balaban J connectivity index is 0.900. The average molecular weight is 1160 g/mol. The van der Waals surface area contributed by atoms with Crippen LogP contribution >= 0.6 is 0 Å². The molecule has 80 heavy (non-hydrogen) atoms. The molecule has 26 unspecified atom stereocenters. The van der Waals surface area contributed by atoms with Gasteiger partial charge in [-0.3, -0.25) is 14.1 Å². The molecule has 0 aromatic heterocycles. The first-order valence-corrected chi connectivity index (χ1v) is 28.9. The molecule has 8 fully saturated rings. The quantitative estimate of drug-likeness (QED) is 0.0451. The second-order valence-electron chi connectivity index (χ2n) is 24.8. The van der Waals surface area contributed by atoms with Crippen LogP contribution < -0.4 is 0 Å². The minimum atomic E-state index is -5.15. The molecule has 25 nitrogen and oxygen atoms in total. The molecule has 3 saturated carbocycles. The van der Waals surface area contributed by atoms with Gasteiger partial charge in [-0.25, -0.2) is 4.18 Å². The van der Waals surface area contributed by atoms with E-state index in [9.17, 15) is 63.4 Å². The number of esters is 2. The van der Waals surface area contributed by atoms with Gasteiger partial charge in [-0.05, 0) is 88.0 Å². The Kier molecular flexibility index (Phi) is 17.8. The van der Waals surface area contributed by atoms with Crippen molar-refractivity contribution in [2.45, 2.75) is 216 Å². The lowest BCUT2D eigenvalue weighted by molar-refractivity contribution is -0.373. The van der Waals surface area contributed by atoms with Crippen molar-refractivity contribution in [2.24, 2.45) is 39.4 Å². The molecule has 9 rings (SSSR count). The smallest absolute Gasteiger partial charge is 0.397 e. The minimum absolute atomic E-state index is 0.0203. The molecule has 5 saturated heterocycles. The second kappa shape index (κ2) is 23.0. The topological polar surface area (TPSA) is 361 Å². The van der Waals surface area contributed by atoms with E-state index in [1.54, 1.807) is 0 Å². The lowest BCUT2D eigenvalue weighted by Gasteiger charge is -2.63. The second-order valence-corrected chi connectivity index (χ2v) is 25.9. The van der Waals surface area contributed by atoms with Crippen molar-refractivity contribution in [1.29, 1.82) is 0 Å². The van der Waals surface area contributed by atoms with Gasteiger partial charge in [-0.2, -0.15) is 8.42 Å². The summed E-state index contributed by atoms with van der Waals surface area (Å²) >= 11 is 0. The van der Waals surface area contributed by atoms with Gasteiger partial charge in [0.2, 0.25) is 0 Å². The van der Waals surface area contributed by atoms with Crippen LogP contribution in [0.2, 0.25) is 0 Å². The summed E-state index contributed by atoms with van der Waals surface area (Å²) in [5, 5.41) is 87.8. The van der Waals surface area contributed by atoms with Crippen LogP contribution in [0.3, 0.4) is 0 Å². The van der Waals surface area contributed by atoms with Gasteiger partial charge in [0.05, 0.1) is 43.9 Å². The normalized spacial score (nSPS) is 49.2. The van der Waals surface area contributed by atoms with Crippen molar-refractivity contribution in [3.63, 3.8) is 0 Å². The minimum Gasteiger partial charge on any atom is -0.462 e. The molecule has 0 aromatic carbocycles. The maximum Gasteiger partial charge on any atom is 0.397 e. The van der Waals surface area contributed by atoms with Gasteiger partial charge >= 0.3 is 22.3 Å². The monoisotopic (exact) mass is 1160 g/mol. The number of rotatable bonds is 15. The van der Waals surface area contributed by atoms with Gasteiger partial charge in [-0.15, -0.1) is 0 Å². The van der Waals surface area contributed by atoms with Crippen LogP contribution in [0.25, 0.3) is 0 Å². The lowest BCUT2D eigenvalue weighted by Crippen LogP contribution is -2.64. The standard InChI is InChI=1S/C54H82O25S/c1-24(2)11-10-16-53(8)44-29(72-25(3)56)19-52(7)27-12-13-33-50(4,5)34(15-17-51(33,6)26(27)14-18-54(44,52)49(64)78-53)75-48-43(37(60)32(23-71-48)79-80(65,66)67)77-45-38(61)35(58)31(22-70-45)74-46-39(62)41(28(57)21-69-46)76-47-40(63)42(68-9)36(59)30(20-55)73-47/h10-12,16,26,28-48,55,57-63H,13-15,17-23H2,1-9H3,(H,65,66,67). The van der Waals surface area contributed by atoms with E-state index in [0.717, 1.165) is 11.1 Å². The maximum atomic E-state index is 14.6. The van der Waals surface area contributed by atoms with E-state index in [-0.39, 0.29) is 23.2 Å². The number of carbonyl (C=O) groups excluding carboxylic acids is 2. The summed E-state index contributed by atoms with van der Waals surface area (Å²) in [6, 6.07) is 0. The zero-order valence-electron chi connectivity index (χ0n) is 46.5. The van der Waals surface area contributed by atoms with Crippen LogP contribution in [0.15, 0.2) is 35.5 Å². The Morgan fingerprint density at radius 1 is 0.750 bits per heavy atom. The Morgan fingerprint density at radius 2 is 1.40 bits per heavy atom. The molecule has 1 spiro atoms. The van der Waals surface area contributed by atoms with Gasteiger partial charge in [0, 0.05) is 19.4 Å². The van der Waals surface area contributed by atoms with Gasteiger partial charge in [0.1, 0.15) is 91.1 Å². The van der Waals surface area contributed by atoms with E-state index in [1.165, 1.54) is 14.0 Å². The van der Waals surface area contributed by atoms with Crippen molar-refractivity contribution in [2.75, 3.05) is 33.5 Å². The van der Waals surface area contributed by atoms with Crippen LogP contribution in [0, 0.1) is 39.4 Å². The third kappa shape index (κ3) is 10.8. The molecule has 9 aliphatic rings. The molecule has 5 heterocycles. The van der Waals surface area contributed by atoms with Crippen molar-refractivity contribution in [3.05, 3.63) is 35.5 Å². The number of hydrogen-bond donors (Lipinski definition) is 9. The highest BCUT2D eigenvalue weighted by Crippen LogP contribution is 2.76. The number of fused-ring (bicyclic) bond motifs is 4. The number of allylic oxidation sites excluding steroid dienone is 5. The molecule has 454 valence electrons. The van der Waals surface area contributed by atoms with Crippen LogP contribution in [-0.4, -0.2) is 222 Å². The molecule has 26 heteroatoms. The fraction of sp³-hybridized carbons (Fsp3) is 0.852. The Bertz CT molecular complexity index is 2470. The van der Waals surface area contributed by atoms with Gasteiger partial charge in [0.15, 0.2) is 25.2 Å². The summed E-state index contributed by atoms with van der Waals surface area (Å²) in [7, 11) is -3.95. The number of cyclic esters (lactones) is 1. The number of aliphatic hydroxyl groups excluding tert-OH is 8. The lowest BCUT2D eigenvalue weighted by atomic mass is 9.41.